The fraction of sp³-hybridized carbons (Fsp3) is 0.312. The molecule has 39 heavy (non-hydrogen) atoms. The molecular weight excluding hydrogens is 492 g/mol. The quantitative estimate of drug-likeness (QED) is 0.260. The molecule has 4 aromatic rings. The molecule has 1 heterocycles. The maximum absolute atomic E-state index is 13.2. The molecular formula is C32H36N2O5. The normalized spacial score (nSPS) is 12.0. The first kappa shape index (κ1) is 27.9. The van der Waals surface area contributed by atoms with Crippen molar-refractivity contribution < 1.29 is 24.2 Å². The van der Waals surface area contributed by atoms with Crippen molar-refractivity contribution in [3.63, 3.8) is 0 Å². The van der Waals surface area contributed by atoms with E-state index < -0.39 is 12.0 Å². The number of carbonyl (C=O) groups excluding carboxylic acids is 2. The van der Waals surface area contributed by atoms with Gasteiger partial charge in [0.1, 0.15) is 5.75 Å². The summed E-state index contributed by atoms with van der Waals surface area (Å²) in [4.78, 5) is 25.6. The Morgan fingerprint density at radius 1 is 0.974 bits per heavy atom. The highest BCUT2D eigenvalue weighted by Gasteiger charge is 2.24. The Hall–Kier alpha value is -4.10. The predicted octanol–water partition coefficient (Wildman–Crippen LogP) is 5.24. The number of methoxy groups -OCH3 is 1. The predicted molar refractivity (Wildman–Crippen MR) is 152 cm³/mol. The molecule has 0 unspecified atom stereocenters. The molecule has 3 aromatic carbocycles. The number of nitrogens with one attached hydrogen (secondary N) is 1. The number of para-hydroxylation sites is 1. The van der Waals surface area contributed by atoms with E-state index in [-0.39, 0.29) is 24.9 Å². The Kier molecular flexibility index (Phi) is 9.04. The third-order valence-corrected chi connectivity index (χ3v) is 6.97. The summed E-state index contributed by atoms with van der Waals surface area (Å²) in [6, 6.07) is 22.4. The molecule has 2 N–H and O–H groups in total. The highest BCUT2D eigenvalue weighted by Crippen LogP contribution is 2.30. The molecule has 1 aromatic heterocycles. The van der Waals surface area contributed by atoms with Crippen molar-refractivity contribution in [1.82, 2.24) is 9.88 Å². The summed E-state index contributed by atoms with van der Waals surface area (Å²) in [6.07, 6.45) is 0.109. The number of benzene rings is 3. The third-order valence-electron chi connectivity index (χ3n) is 6.97. The summed E-state index contributed by atoms with van der Waals surface area (Å²) < 4.78 is 12.8. The zero-order valence-electron chi connectivity index (χ0n) is 22.9. The Morgan fingerprint density at radius 3 is 2.41 bits per heavy atom. The smallest absolute Gasteiger partial charge is 0.330 e. The van der Waals surface area contributed by atoms with Crippen LogP contribution in [0.2, 0.25) is 0 Å². The minimum atomic E-state index is -0.911. The van der Waals surface area contributed by atoms with Crippen LogP contribution < -0.4 is 5.32 Å². The van der Waals surface area contributed by atoms with E-state index in [0.29, 0.717) is 18.9 Å². The number of carbonyl (C=O) groups is 2. The average molecular weight is 529 g/mol. The van der Waals surface area contributed by atoms with Gasteiger partial charge in [0.05, 0.1) is 26.7 Å². The van der Waals surface area contributed by atoms with Gasteiger partial charge in [-0.3, -0.25) is 4.79 Å². The minimum absolute atomic E-state index is 0.00703. The van der Waals surface area contributed by atoms with Gasteiger partial charge in [-0.2, -0.15) is 0 Å². The van der Waals surface area contributed by atoms with Crippen LogP contribution in [0.25, 0.3) is 10.9 Å². The maximum atomic E-state index is 13.2. The number of ether oxygens (including phenoxy) is 2. The Bertz CT molecular complexity index is 1440. The molecule has 0 bridgehead atoms. The van der Waals surface area contributed by atoms with Crippen LogP contribution in [0.5, 0.6) is 5.75 Å². The minimum Gasteiger partial charge on any atom is -0.508 e. The van der Waals surface area contributed by atoms with Crippen LogP contribution in [-0.2, 0) is 38.6 Å². The van der Waals surface area contributed by atoms with E-state index in [9.17, 15) is 14.7 Å². The molecule has 7 heteroatoms. The van der Waals surface area contributed by atoms with Crippen LogP contribution in [0.3, 0.4) is 0 Å². The molecule has 4 rings (SSSR count). The van der Waals surface area contributed by atoms with Crippen molar-refractivity contribution in [2.45, 2.75) is 52.3 Å². The van der Waals surface area contributed by atoms with E-state index in [2.05, 4.69) is 23.7 Å². The second-order valence-corrected chi connectivity index (χ2v) is 10.0. The summed E-state index contributed by atoms with van der Waals surface area (Å²) in [5.74, 6) is -0.338. The number of fused-ring (bicyclic) bond motifs is 1. The number of esters is 1. The summed E-state index contributed by atoms with van der Waals surface area (Å²) in [5, 5.41) is 14.0. The molecule has 0 aliphatic rings. The Balaban J connectivity index is 1.52. The van der Waals surface area contributed by atoms with E-state index >= 15 is 0 Å². The van der Waals surface area contributed by atoms with Gasteiger partial charge < -0.3 is 24.5 Å². The number of rotatable bonds is 11. The lowest BCUT2D eigenvalue weighted by atomic mass is 9.99. The molecule has 0 aliphatic carbocycles. The van der Waals surface area contributed by atoms with Gasteiger partial charge in [-0.25, -0.2) is 4.79 Å². The number of phenols is 1. The lowest BCUT2D eigenvalue weighted by Gasteiger charge is -2.17. The number of aromatic hydroxyl groups is 1. The molecule has 0 fully saturated rings. The second kappa shape index (κ2) is 12.6. The molecule has 204 valence electrons. The molecule has 7 nitrogen and oxygen atoms in total. The number of hydrogen-bond donors (Lipinski definition) is 2. The standard InChI is InChI=1S/C32H36N2O5/c1-21(2)26-16-24(14-15-30(26)35)18-34-22(3)27(25-12-8-9-13-29(25)34)17-31(36)33-28(32(37)38-4)20-39-19-23-10-6-5-7-11-23/h5-16,21,28,35H,17-20H2,1-4H3,(H,33,36)/t28-/m0/s1. The first-order valence-electron chi connectivity index (χ1n) is 13.2. The molecule has 1 amide bonds. The van der Waals surface area contributed by atoms with Crippen LogP contribution in [0.1, 0.15) is 47.7 Å². The third kappa shape index (κ3) is 6.67. The Morgan fingerprint density at radius 2 is 1.69 bits per heavy atom. The highest BCUT2D eigenvalue weighted by atomic mass is 16.5. The molecule has 0 saturated carbocycles. The van der Waals surface area contributed by atoms with E-state index in [1.54, 1.807) is 6.07 Å². The maximum Gasteiger partial charge on any atom is 0.330 e. The average Bonchev–Trinajstić information content (AvgIpc) is 3.19. The molecule has 0 aliphatic heterocycles. The highest BCUT2D eigenvalue weighted by molar-refractivity contribution is 5.92. The van der Waals surface area contributed by atoms with Crippen molar-refractivity contribution in [3.8, 4) is 5.75 Å². The van der Waals surface area contributed by atoms with Crippen LogP contribution in [0.4, 0.5) is 0 Å². The summed E-state index contributed by atoms with van der Waals surface area (Å²) in [7, 11) is 1.30. The number of nitrogens with zero attached hydrogens (tertiary/aromatic N) is 1. The molecule has 0 radical (unpaired) electrons. The van der Waals surface area contributed by atoms with Gasteiger partial charge in [-0.15, -0.1) is 0 Å². The largest absolute Gasteiger partial charge is 0.508 e. The summed E-state index contributed by atoms with van der Waals surface area (Å²) in [5.41, 5.74) is 5.85. The van der Waals surface area contributed by atoms with Gasteiger partial charge in [0.25, 0.3) is 0 Å². The van der Waals surface area contributed by atoms with Gasteiger partial charge in [-0.1, -0.05) is 74.5 Å². The lowest BCUT2D eigenvalue weighted by molar-refractivity contribution is -0.147. The topological polar surface area (TPSA) is 89.8 Å². The van der Waals surface area contributed by atoms with Crippen molar-refractivity contribution >= 4 is 22.8 Å². The zero-order valence-corrected chi connectivity index (χ0v) is 22.9. The van der Waals surface area contributed by atoms with Gasteiger partial charge in [-0.05, 0) is 47.2 Å². The number of aromatic nitrogens is 1. The molecule has 1 atom stereocenters. The second-order valence-electron chi connectivity index (χ2n) is 10.0. The van der Waals surface area contributed by atoms with Crippen LogP contribution in [-0.4, -0.2) is 41.3 Å². The SMILES string of the molecule is COC(=O)[C@H](COCc1ccccc1)NC(=O)Cc1c(C)n(Cc2ccc(O)c(C(C)C)c2)c2ccccc12. The van der Waals surface area contributed by atoms with Crippen LogP contribution in [0, 0.1) is 6.92 Å². The van der Waals surface area contributed by atoms with Gasteiger partial charge in [0.15, 0.2) is 6.04 Å². The zero-order chi connectivity index (χ0) is 27.9. The van der Waals surface area contributed by atoms with Crippen LogP contribution in [0.15, 0.2) is 72.8 Å². The lowest BCUT2D eigenvalue weighted by Crippen LogP contribution is -2.45. The fourth-order valence-electron chi connectivity index (χ4n) is 4.86. The first-order valence-corrected chi connectivity index (χ1v) is 13.2. The monoisotopic (exact) mass is 528 g/mol. The summed E-state index contributed by atoms with van der Waals surface area (Å²) >= 11 is 0. The fourth-order valence-corrected chi connectivity index (χ4v) is 4.86. The van der Waals surface area contributed by atoms with E-state index in [4.69, 9.17) is 9.47 Å². The number of hydrogen-bond acceptors (Lipinski definition) is 5. The van der Waals surface area contributed by atoms with E-state index in [1.807, 2.05) is 73.7 Å². The number of phenolic OH excluding ortho intramolecular Hbond substituents is 1. The molecule has 0 saturated heterocycles. The van der Waals surface area contributed by atoms with Gasteiger partial charge in [0.2, 0.25) is 5.91 Å². The van der Waals surface area contributed by atoms with Crippen molar-refractivity contribution in [1.29, 1.82) is 0 Å². The summed E-state index contributed by atoms with van der Waals surface area (Å²) in [6.45, 7) is 7.05. The van der Waals surface area contributed by atoms with Crippen molar-refractivity contribution in [2.75, 3.05) is 13.7 Å². The van der Waals surface area contributed by atoms with Crippen molar-refractivity contribution in [2.24, 2.45) is 0 Å². The first-order chi connectivity index (χ1) is 18.8. The van der Waals surface area contributed by atoms with Crippen molar-refractivity contribution in [3.05, 3.63) is 101 Å². The van der Waals surface area contributed by atoms with E-state index in [0.717, 1.165) is 38.9 Å². The van der Waals surface area contributed by atoms with Gasteiger partial charge in [0, 0.05) is 23.1 Å². The molecule has 0 spiro atoms. The van der Waals surface area contributed by atoms with E-state index in [1.165, 1.54) is 7.11 Å². The Labute approximate surface area is 229 Å². The van der Waals surface area contributed by atoms with Crippen LogP contribution >= 0.6 is 0 Å². The van der Waals surface area contributed by atoms with Gasteiger partial charge >= 0.3 is 5.97 Å². The number of amides is 1.